The van der Waals surface area contributed by atoms with Crippen molar-refractivity contribution < 1.29 is 9.90 Å². The normalized spacial score (nSPS) is 26.4. The van der Waals surface area contributed by atoms with E-state index in [1.165, 1.54) is 0 Å². The van der Waals surface area contributed by atoms with Crippen molar-refractivity contribution >= 4 is 11.7 Å². The molecule has 1 aromatic heterocycles. The molecule has 0 bridgehead atoms. The summed E-state index contributed by atoms with van der Waals surface area (Å²) in [4.78, 5) is 15.5. The average Bonchev–Trinajstić information content (AvgIpc) is 2.42. The van der Waals surface area contributed by atoms with Crippen molar-refractivity contribution in [2.75, 3.05) is 5.32 Å². The second-order valence-electron chi connectivity index (χ2n) is 5.21. The lowest BCUT2D eigenvalue weighted by molar-refractivity contribution is -0.150. The Kier molecular flexibility index (Phi) is 3.70. The third-order valence-electron chi connectivity index (χ3n) is 3.92. The number of anilines is 1. The van der Waals surface area contributed by atoms with Crippen LogP contribution in [0.3, 0.4) is 0 Å². The molecule has 2 unspecified atom stereocenters. The molecule has 1 fully saturated rings. The molecule has 100 valence electrons. The number of hydrogen-bond donors (Lipinski definition) is 2. The van der Waals surface area contributed by atoms with Crippen LogP contribution in [0.4, 0.5) is 5.69 Å². The molecule has 2 rings (SSSR count). The van der Waals surface area contributed by atoms with E-state index in [0.29, 0.717) is 12.1 Å². The molecule has 1 aliphatic rings. The van der Waals surface area contributed by atoms with E-state index in [9.17, 15) is 9.90 Å². The predicted octanol–water partition coefficient (Wildman–Crippen LogP) is 2.40. The Labute approximate surface area is 112 Å². The van der Waals surface area contributed by atoms with Gasteiger partial charge in [-0.2, -0.15) is 5.26 Å². The fourth-order valence-electron chi connectivity index (χ4n) is 2.57. The Bertz CT molecular complexity index is 506. The topological polar surface area (TPSA) is 86.0 Å². The number of nitriles is 1. The first-order chi connectivity index (χ1) is 9.06. The number of rotatable bonds is 3. The number of aliphatic carboxylic acids is 1. The smallest absolute Gasteiger partial charge is 0.311 e. The summed E-state index contributed by atoms with van der Waals surface area (Å²) in [6.45, 7) is 1.79. The van der Waals surface area contributed by atoms with Gasteiger partial charge in [-0.25, -0.2) is 4.98 Å². The van der Waals surface area contributed by atoms with Gasteiger partial charge in [0.1, 0.15) is 11.8 Å². The van der Waals surface area contributed by atoms with Crippen molar-refractivity contribution in [3.63, 3.8) is 0 Å². The monoisotopic (exact) mass is 259 g/mol. The van der Waals surface area contributed by atoms with E-state index in [0.717, 1.165) is 24.9 Å². The summed E-state index contributed by atoms with van der Waals surface area (Å²) in [5.41, 5.74) is 0.375. The lowest BCUT2D eigenvalue weighted by Crippen LogP contribution is -2.46. The molecule has 0 aliphatic heterocycles. The highest BCUT2D eigenvalue weighted by Gasteiger charge is 2.43. The van der Waals surface area contributed by atoms with E-state index in [-0.39, 0.29) is 6.04 Å². The summed E-state index contributed by atoms with van der Waals surface area (Å²) in [5, 5.41) is 21.4. The van der Waals surface area contributed by atoms with E-state index >= 15 is 0 Å². The first-order valence-corrected chi connectivity index (χ1v) is 6.42. The van der Waals surface area contributed by atoms with Gasteiger partial charge in [-0.3, -0.25) is 4.79 Å². The number of carboxylic acids is 1. The lowest BCUT2D eigenvalue weighted by Gasteiger charge is -2.38. The van der Waals surface area contributed by atoms with Gasteiger partial charge >= 0.3 is 5.97 Å². The molecule has 0 radical (unpaired) electrons. The SMILES string of the molecule is CC1(C(=O)O)CCCCC1Nc1ccc(C#N)nc1. The van der Waals surface area contributed by atoms with Gasteiger partial charge in [-0.15, -0.1) is 0 Å². The van der Waals surface area contributed by atoms with Crippen LogP contribution in [-0.2, 0) is 4.79 Å². The molecule has 1 saturated carbocycles. The highest BCUT2D eigenvalue weighted by atomic mass is 16.4. The Morgan fingerprint density at radius 1 is 1.58 bits per heavy atom. The maximum Gasteiger partial charge on any atom is 0.311 e. The van der Waals surface area contributed by atoms with E-state index in [2.05, 4.69) is 10.3 Å². The molecule has 2 atom stereocenters. The zero-order valence-corrected chi connectivity index (χ0v) is 10.9. The second-order valence-corrected chi connectivity index (χ2v) is 5.21. The number of aromatic nitrogens is 1. The van der Waals surface area contributed by atoms with Crippen molar-refractivity contribution in [2.24, 2.45) is 5.41 Å². The minimum absolute atomic E-state index is 0.103. The van der Waals surface area contributed by atoms with Crippen LogP contribution in [0.15, 0.2) is 18.3 Å². The average molecular weight is 259 g/mol. The van der Waals surface area contributed by atoms with Gasteiger partial charge in [0.05, 0.1) is 17.3 Å². The van der Waals surface area contributed by atoms with Gasteiger partial charge in [0.15, 0.2) is 0 Å². The maximum absolute atomic E-state index is 11.5. The van der Waals surface area contributed by atoms with Gasteiger partial charge < -0.3 is 10.4 Å². The number of nitrogens with one attached hydrogen (secondary N) is 1. The van der Waals surface area contributed by atoms with E-state index in [1.54, 1.807) is 25.3 Å². The fraction of sp³-hybridized carbons (Fsp3) is 0.500. The van der Waals surface area contributed by atoms with Crippen molar-refractivity contribution in [1.82, 2.24) is 4.98 Å². The molecule has 1 aromatic rings. The lowest BCUT2D eigenvalue weighted by atomic mass is 9.71. The number of carbonyl (C=O) groups is 1. The standard InChI is InChI=1S/C14H17N3O2/c1-14(13(18)19)7-3-2-4-12(14)17-11-6-5-10(8-15)16-9-11/h5-6,9,12,17H,2-4,7H2,1H3,(H,18,19). The molecule has 1 heterocycles. The van der Waals surface area contributed by atoms with Crippen LogP contribution in [0, 0.1) is 16.7 Å². The molecule has 0 saturated heterocycles. The largest absolute Gasteiger partial charge is 0.481 e. The summed E-state index contributed by atoms with van der Waals surface area (Å²) in [7, 11) is 0. The molecule has 5 heteroatoms. The highest BCUT2D eigenvalue weighted by molar-refractivity contribution is 5.76. The van der Waals surface area contributed by atoms with Crippen LogP contribution in [0.1, 0.15) is 38.3 Å². The molecule has 2 N–H and O–H groups in total. The summed E-state index contributed by atoms with van der Waals surface area (Å²) in [6.07, 6.45) is 5.08. The third kappa shape index (κ3) is 2.68. The van der Waals surface area contributed by atoms with Crippen LogP contribution in [0.2, 0.25) is 0 Å². The van der Waals surface area contributed by atoms with Gasteiger partial charge in [-0.05, 0) is 31.9 Å². The predicted molar refractivity (Wildman–Crippen MR) is 70.6 cm³/mol. The highest BCUT2D eigenvalue weighted by Crippen LogP contribution is 2.38. The number of pyridine rings is 1. The Morgan fingerprint density at radius 3 is 2.95 bits per heavy atom. The van der Waals surface area contributed by atoms with Gasteiger partial charge in [-0.1, -0.05) is 12.8 Å². The van der Waals surface area contributed by atoms with Crippen molar-refractivity contribution in [1.29, 1.82) is 5.26 Å². The Morgan fingerprint density at radius 2 is 2.37 bits per heavy atom. The first kappa shape index (κ1) is 13.3. The van der Waals surface area contributed by atoms with Crippen LogP contribution < -0.4 is 5.32 Å². The van der Waals surface area contributed by atoms with Crippen LogP contribution in [-0.4, -0.2) is 22.1 Å². The van der Waals surface area contributed by atoms with E-state index in [1.807, 2.05) is 6.07 Å². The zero-order valence-electron chi connectivity index (χ0n) is 10.9. The fourth-order valence-corrected chi connectivity index (χ4v) is 2.57. The molecule has 0 amide bonds. The van der Waals surface area contributed by atoms with E-state index in [4.69, 9.17) is 5.26 Å². The summed E-state index contributed by atoms with van der Waals surface area (Å²) < 4.78 is 0. The number of nitrogens with zero attached hydrogens (tertiary/aromatic N) is 2. The number of carboxylic acid groups (broad SMARTS) is 1. The molecule has 19 heavy (non-hydrogen) atoms. The minimum atomic E-state index is -0.758. The molecule has 5 nitrogen and oxygen atoms in total. The first-order valence-electron chi connectivity index (χ1n) is 6.42. The molecular formula is C14H17N3O2. The van der Waals surface area contributed by atoms with Crippen molar-refractivity contribution in [3.8, 4) is 6.07 Å². The van der Waals surface area contributed by atoms with Gasteiger partial charge in [0.2, 0.25) is 0 Å². The maximum atomic E-state index is 11.5. The van der Waals surface area contributed by atoms with Crippen molar-refractivity contribution in [3.05, 3.63) is 24.0 Å². The van der Waals surface area contributed by atoms with Crippen LogP contribution >= 0.6 is 0 Å². The van der Waals surface area contributed by atoms with Gasteiger partial charge in [0.25, 0.3) is 0 Å². The third-order valence-corrected chi connectivity index (χ3v) is 3.92. The second kappa shape index (κ2) is 5.27. The van der Waals surface area contributed by atoms with Crippen molar-refractivity contribution in [2.45, 2.75) is 38.6 Å². The number of hydrogen-bond acceptors (Lipinski definition) is 4. The molecule has 0 spiro atoms. The van der Waals surface area contributed by atoms with Crippen LogP contribution in [0.5, 0.6) is 0 Å². The summed E-state index contributed by atoms with van der Waals surface area (Å²) >= 11 is 0. The zero-order chi connectivity index (χ0) is 13.9. The molecular weight excluding hydrogens is 242 g/mol. The Hall–Kier alpha value is -2.09. The summed E-state index contributed by atoms with van der Waals surface area (Å²) in [6, 6.07) is 5.25. The van der Waals surface area contributed by atoms with E-state index < -0.39 is 11.4 Å². The molecule has 0 aromatic carbocycles. The summed E-state index contributed by atoms with van der Waals surface area (Å²) in [5.74, 6) is -0.758. The minimum Gasteiger partial charge on any atom is -0.481 e. The van der Waals surface area contributed by atoms with Gasteiger partial charge in [0, 0.05) is 6.04 Å². The molecule has 1 aliphatic carbocycles. The van der Waals surface area contributed by atoms with Crippen LogP contribution in [0.25, 0.3) is 0 Å². The Balaban J connectivity index is 2.15. The quantitative estimate of drug-likeness (QED) is 0.870.